The lowest BCUT2D eigenvalue weighted by Gasteiger charge is -2.15. The summed E-state index contributed by atoms with van der Waals surface area (Å²) in [6, 6.07) is 27.0. The molecule has 0 N–H and O–H groups in total. The van der Waals surface area contributed by atoms with Gasteiger partial charge in [0.15, 0.2) is 7.14 Å². The molecule has 0 radical (unpaired) electrons. The van der Waals surface area contributed by atoms with E-state index in [2.05, 4.69) is 0 Å². The Morgan fingerprint density at radius 1 is 0.750 bits per heavy atom. The fourth-order valence-electron chi connectivity index (χ4n) is 2.53. The second kappa shape index (κ2) is 7.33. The molecule has 0 saturated heterocycles. The molecule has 3 aromatic carbocycles. The molecule has 0 unspecified atom stereocenters. The van der Waals surface area contributed by atoms with E-state index in [1.807, 2.05) is 96.8 Å². The van der Waals surface area contributed by atoms with Crippen LogP contribution in [0, 0.1) is 0 Å². The van der Waals surface area contributed by atoms with Crippen molar-refractivity contribution >= 4 is 23.8 Å². The molecule has 0 bridgehead atoms. The minimum Gasteiger partial charge on any atom is -0.497 e. The average Bonchev–Trinajstić information content (AvgIpc) is 2.68. The first-order valence-corrected chi connectivity index (χ1v) is 9.54. The maximum atomic E-state index is 13.8. The summed E-state index contributed by atoms with van der Waals surface area (Å²) in [5.41, 5.74) is 0.989. The van der Waals surface area contributed by atoms with Crippen molar-refractivity contribution in [2.75, 3.05) is 7.11 Å². The van der Waals surface area contributed by atoms with E-state index in [1.165, 1.54) is 0 Å². The standard InChI is InChI=1S/C21H19O2P/c1-23-19-14-12-18(13-15-19)16-17-24(22,20-8-4-2-5-9-20)21-10-6-3-7-11-21/h2-17H,1H3/b17-16-. The van der Waals surface area contributed by atoms with Crippen molar-refractivity contribution in [1.29, 1.82) is 0 Å². The Bertz CT molecular complexity index is 810. The molecule has 0 saturated carbocycles. The second-order valence-electron chi connectivity index (χ2n) is 5.42. The van der Waals surface area contributed by atoms with Crippen LogP contribution in [0.3, 0.4) is 0 Å². The van der Waals surface area contributed by atoms with Crippen LogP contribution in [-0.4, -0.2) is 7.11 Å². The molecule has 120 valence electrons. The summed E-state index contributed by atoms with van der Waals surface area (Å²) >= 11 is 0. The van der Waals surface area contributed by atoms with Crippen molar-refractivity contribution in [3.8, 4) is 5.75 Å². The molecule has 0 aliphatic heterocycles. The van der Waals surface area contributed by atoms with Gasteiger partial charge in [0.2, 0.25) is 0 Å². The molecule has 0 aromatic heterocycles. The van der Waals surface area contributed by atoms with E-state index in [-0.39, 0.29) is 0 Å². The largest absolute Gasteiger partial charge is 0.497 e. The highest BCUT2D eigenvalue weighted by molar-refractivity contribution is 7.81. The predicted octanol–water partition coefficient (Wildman–Crippen LogP) is 4.68. The molecule has 3 heteroatoms. The van der Waals surface area contributed by atoms with Crippen molar-refractivity contribution in [3.63, 3.8) is 0 Å². The third kappa shape index (κ3) is 3.50. The minimum atomic E-state index is -2.82. The molecule has 0 aliphatic rings. The van der Waals surface area contributed by atoms with E-state index < -0.39 is 7.14 Å². The van der Waals surface area contributed by atoms with Crippen LogP contribution in [0.15, 0.2) is 90.7 Å². The van der Waals surface area contributed by atoms with Crippen molar-refractivity contribution in [3.05, 3.63) is 96.3 Å². The molecular weight excluding hydrogens is 315 g/mol. The summed E-state index contributed by atoms with van der Waals surface area (Å²) in [6.07, 6.45) is 1.92. The van der Waals surface area contributed by atoms with Gasteiger partial charge >= 0.3 is 0 Å². The van der Waals surface area contributed by atoms with E-state index >= 15 is 0 Å². The Morgan fingerprint density at radius 2 is 1.25 bits per heavy atom. The van der Waals surface area contributed by atoms with Gasteiger partial charge in [0.1, 0.15) is 5.75 Å². The molecule has 3 aromatic rings. The summed E-state index contributed by atoms with van der Waals surface area (Å²) in [7, 11) is -1.18. The fraction of sp³-hybridized carbons (Fsp3) is 0.0476. The van der Waals surface area contributed by atoms with Crippen LogP contribution in [0.1, 0.15) is 5.56 Å². The summed E-state index contributed by atoms with van der Waals surface area (Å²) < 4.78 is 19.0. The summed E-state index contributed by atoms with van der Waals surface area (Å²) in [5, 5.41) is 1.67. The summed E-state index contributed by atoms with van der Waals surface area (Å²) in [5.74, 6) is 2.64. The van der Waals surface area contributed by atoms with Crippen molar-refractivity contribution in [1.82, 2.24) is 0 Å². The van der Waals surface area contributed by atoms with Gasteiger partial charge in [-0.2, -0.15) is 0 Å². The number of hydrogen-bond donors (Lipinski definition) is 0. The normalized spacial score (nSPS) is 11.5. The van der Waals surface area contributed by atoms with Crippen molar-refractivity contribution in [2.45, 2.75) is 0 Å². The molecule has 0 heterocycles. The first kappa shape index (κ1) is 16.3. The van der Waals surface area contributed by atoms with Gasteiger partial charge in [-0.1, -0.05) is 78.9 Å². The van der Waals surface area contributed by atoms with E-state index in [0.717, 1.165) is 21.9 Å². The molecule has 0 amide bonds. The van der Waals surface area contributed by atoms with Crippen LogP contribution in [0.4, 0.5) is 0 Å². The highest BCUT2D eigenvalue weighted by atomic mass is 31.2. The molecule has 3 rings (SSSR count). The van der Waals surface area contributed by atoms with Gasteiger partial charge in [-0.25, -0.2) is 0 Å². The Morgan fingerprint density at radius 3 is 1.71 bits per heavy atom. The monoisotopic (exact) mass is 334 g/mol. The molecule has 0 atom stereocenters. The third-order valence-corrected chi connectivity index (χ3v) is 6.57. The maximum Gasteiger partial charge on any atom is 0.164 e. The van der Waals surface area contributed by atoms with Gasteiger partial charge in [0, 0.05) is 10.6 Å². The van der Waals surface area contributed by atoms with E-state index in [0.29, 0.717) is 0 Å². The lowest BCUT2D eigenvalue weighted by atomic mass is 10.2. The SMILES string of the molecule is COc1ccc(/C=C\P(=O)(c2ccccc2)c2ccccc2)cc1. The first-order chi connectivity index (χ1) is 11.7. The zero-order valence-corrected chi connectivity index (χ0v) is 14.4. The van der Waals surface area contributed by atoms with Gasteiger partial charge in [-0.3, -0.25) is 0 Å². The zero-order chi connectivity index (χ0) is 16.8. The highest BCUT2D eigenvalue weighted by Crippen LogP contribution is 2.45. The average molecular weight is 334 g/mol. The summed E-state index contributed by atoms with van der Waals surface area (Å²) in [4.78, 5) is 0. The van der Waals surface area contributed by atoms with Gasteiger partial charge in [-0.15, -0.1) is 0 Å². The minimum absolute atomic E-state index is 0.807. The smallest absolute Gasteiger partial charge is 0.164 e. The van der Waals surface area contributed by atoms with Crippen LogP contribution in [-0.2, 0) is 4.57 Å². The van der Waals surface area contributed by atoms with Gasteiger partial charge in [-0.05, 0) is 23.5 Å². The predicted molar refractivity (Wildman–Crippen MR) is 102 cm³/mol. The Hall–Kier alpha value is -2.57. The van der Waals surface area contributed by atoms with Crippen LogP contribution in [0.5, 0.6) is 5.75 Å². The number of ether oxygens (including phenoxy) is 1. The van der Waals surface area contributed by atoms with E-state index in [1.54, 1.807) is 7.11 Å². The first-order valence-electron chi connectivity index (χ1n) is 7.77. The van der Waals surface area contributed by atoms with E-state index in [9.17, 15) is 4.57 Å². The number of rotatable bonds is 5. The fourth-order valence-corrected chi connectivity index (χ4v) is 4.78. The Balaban J connectivity index is 2.02. The van der Waals surface area contributed by atoms with Crippen LogP contribution >= 0.6 is 7.14 Å². The Labute approximate surface area is 142 Å². The third-order valence-electron chi connectivity index (χ3n) is 3.87. The summed E-state index contributed by atoms with van der Waals surface area (Å²) in [6.45, 7) is 0. The number of methoxy groups -OCH3 is 1. The molecular formula is C21H19O2P. The topological polar surface area (TPSA) is 26.3 Å². The molecule has 0 spiro atoms. The highest BCUT2D eigenvalue weighted by Gasteiger charge is 2.23. The van der Waals surface area contributed by atoms with Crippen LogP contribution in [0.2, 0.25) is 0 Å². The Kier molecular flexibility index (Phi) is 4.98. The van der Waals surface area contributed by atoms with Gasteiger partial charge < -0.3 is 9.30 Å². The van der Waals surface area contributed by atoms with Crippen molar-refractivity contribution in [2.24, 2.45) is 0 Å². The number of hydrogen-bond acceptors (Lipinski definition) is 2. The van der Waals surface area contributed by atoms with Crippen LogP contribution < -0.4 is 15.3 Å². The second-order valence-corrected chi connectivity index (χ2v) is 8.06. The maximum absolute atomic E-state index is 13.8. The van der Waals surface area contributed by atoms with Crippen LogP contribution in [0.25, 0.3) is 6.08 Å². The zero-order valence-electron chi connectivity index (χ0n) is 13.5. The van der Waals surface area contributed by atoms with Crippen molar-refractivity contribution < 1.29 is 9.30 Å². The number of benzene rings is 3. The van der Waals surface area contributed by atoms with E-state index in [4.69, 9.17) is 4.74 Å². The molecule has 0 fully saturated rings. The molecule has 24 heavy (non-hydrogen) atoms. The van der Waals surface area contributed by atoms with Gasteiger partial charge in [0.05, 0.1) is 7.11 Å². The molecule has 2 nitrogen and oxygen atoms in total. The molecule has 0 aliphatic carbocycles. The lowest BCUT2D eigenvalue weighted by molar-refractivity contribution is 0.415. The lowest BCUT2D eigenvalue weighted by Crippen LogP contribution is -2.13. The quantitative estimate of drug-likeness (QED) is 0.633. The van der Waals surface area contributed by atoms with Gasteiger partial charge in [0.25, 0.3) is 0 Å².